The molecule has 0 aliphatic carbocycles. The summed E-state index contributed by atoms with van der Waals surface area (Å²) in [7, 11) is 0. The normalized spacial score (nSPS) is 17.9. The summed E-state index contributed by atoms with van der Waals surface area (Å²) >= 11 is 0. The molecule has 0 bridgehead atoms. The SMILES string of the molecule is NC(CCN1CCCC1)Cc1cc(F)c(F)cc1F. The van der Waals surface area contributed by atoms with Crippen molar-refractivity contribution >= 4 is 0 Å². The van der Waals surface area contributed by atoms with Gasteiger partial charge in [0, 0.05) is 12.1 Å². The van der Waals surface area contributed by atoms with Crippen molar-refractivity contribution in [2.24, 2.45) is 5.73 Å². The first-order chi connectivity index (χ1) is 9.06. The van der Waals surface area contributed by atoms with E-state index < -0.39 is 17.5 Å². The van der Waals surface area contributed by atoms with Gasteiger partial charge in [0.25, 0.3) is 0 Å². The fourth-order valence-electron chi connectivity index (χ4n) is 2.46. The van der Waals surface area contributed by atoms with Crippen molar-refractivity contribution in [3.8, 4) is 0 Å². The van der Waals surface area contributed by atoms with Crippen LogP contribution in [0.15, 0.2) is 12.1 Å². The van der Waals surface area contributed by atoms with Crippen LogP contribution in [-0.2, 0) is 6.42 Å². The average molecular weight is 272 g/mol. The van der Waals surface area contributed by atoms with Gasteiger partial charge in [-0.3, -0.25) is 0 Å². The number of hydrogen-bond donors (Lipinski definition) is 1. The van der Waals surface area contributed by atoms with Gasteiger partial charge in [0.15, 0.2) is 11.6 Å². The van der Waals surface area contributed by atoms with E-state index >= 15 is 0 Å². The molecule has 1 atom stereocenters. The fraction of sp³-hybridized carbons (Fsp3) is 0.571. The van der Waals surface area contributed by atoms with Crippen molar-refractivity contribution in [1.29, 1.82) is 0 Å². The van der Waals surface area contributed by atoms with E-state index in [1.807, 2.05) is 0 Å². The second kappa shape index (κ2) is 6.39. The number of nitrogens with two attached hydrogens (primary N) is 1. The maximum absolute atomic E-state index is 13.5. The minimum absolute atomic E-state index is 0.146. The molecule has 1 aromatic carbocycles. The number of benzene rings is 1. The quantitative estimate of drug-likeness (QED) is 0.834. The molecule has 5 heteroatoms. The van der Waals surface area contributed by atoms with Crippen LogP contribution in [0.3, 0.4) is 0 Å². The van der Waals surface area contributed by atoms with E-state index in [-0.39, 0.29) is 18.0 Å². The lowest BCUT2D eigenvalue weighted by molar-refractivity contribution is 0.320. The highest BCUT2D eigenvalue weighted by atomic mass is 19.2. The largest absolute Gasteiger partial charge is 0.327 e. The number of likely N-dealkylation sites (tertiary alicyclic amines) is 1. The van der Waals surface area contributed by atoms with E-state index in [0.29, 0.717) is 6.07 Å². The monoisotopic (exact) mass is 272 g/mol. The molecule has 1 saturated heterocycles. The number of rotatable bonds is 5. The van der Waals surface area contributed by atoms with Crippen molar-refractivity contribution in [3.63, 3.8) is 0 Å². The fourth-order valence-corrected chi connectivity index (χ4v) is 2.46. The molecule has 2 nitrogen and oxygen atoms in total. The zero-order valence-electron chi connectivity index (χ0n) is 10.8. The molecule has 2 N–H and O–H groups in total. The molecule has 2 rings (SSSR count). The summed E-state index contributed by atoms with van der Waals surface area (Å²) in [6, 6.07) is 1.25. The average Bonchev–Trinajstić information content (AvgIpc) is 2.86. The lowest BCUT2D eigenvalue weighted by Gasteiger charge is -2.18. The van der Waals surface area contributed by atoms with E-state index in [9.17, 15) is 13.2 Å². The Morgan fingerprint density at radius 1 is 1.05 bits per heavy atom. The zero-order chi connectivity index (χ0) is 13.8. The van der Waals surface area contributed by atoms with E-state index in [4.69, 9.17) is 5.73 Å². The minimum atomic E-state index is -1.16. The van der Waals surface area contributed by atoms with Gasteiger partial charge in [-0.2, -0.15) is 0 Å². The van der Waals surface area contributed by atoms with E-state index in [1.54, 1.807) is 0 Å². The smallest absolute Gasteiger partial charge is 0.161 e. The maximum atomic E-state index is 13.5. The van der Waals surface area contributed by atoms with Crippen LogP contribution in [0, 0.1) is 17.5 Å². The van der Waals surface area contributed by atoms with Gasteiger partial charge in [-0.25, -0.2) is 13.2 Å². The van der Waals surface area contributed by atoms with Crippen LogP contribution in [-0.4, -0.2) is 30.6 Å². The van der Waals surface area contributed by atoms with E-state index in [0.717, 1.165) is 32.1 Å². The molecular weight excluding hydrogens is 253 g/mol. The third-order valence-corrected chi connectivity index (χ3v) is 3.59. The van der Waals surface area contributed by atoms with Gasteiger partial charge in [-0.1, -0.05) is 0 Å². The van der Waals surface area contributed by atoms with Crippen molar-refractivity contribution < 1.29 is 13.2 Å². The summed E-state index contributed by atoms with van der Waals surface area (Å²) in [5, 5.41) is 0. The van der Waals surface area contributed by atoms with Crippen LogP contribution in [0.25, 0.3) is 0 Å². The highest BCUT2D eigenvalue weighted by molar-refractivity contribution is 5.21. The molecule has 0 saturated carbocycles. The molecule has 1 unspecified atom stereocenters. The highest BCUT2D eigenvalue weighted by Crippen LogP contribution is 2.16. The Morgan fingerprint density at radius 2 is 1.68 bits per heavy atom. The molecule has 1 heterocycles. The third-order valence-electron chi connectivity index (χ3n) is 3.59. The van der Waals surface area contributed by atoms with Gasteiger partial charge in [0.05, 0.1) is 0 Å². The second-order valence-electron chi connectivity index (χ2n) is 5.16. The Labute approximate surface area is 111 Å². The molecule has 1 aliphatic heterocycles. The molecule has 0 amide bonds. The molecule has 0 spiro atoms. The summed E-state index contributed by atoms with van der Waals surface area (Å²) in [6.45, 7) is 3.06. The van der Waals surface area contributed by atoms with Gasteiger partial charge in [0.1, 0.15) is 5.82 Å². The molecule has 0 aromatic heterocycles. The molecule has 1 aromatic rings. The molecule has 19 heavy (non-hydrogen) atoms. The first kappa shape index (κ1) is 14.3. The van der Waals surface area contributed by atoms with Crippen molar-refractivity contribution in [3.05, 3.63) is 35.1 Å². The van der Waals surface area contributed by atoms with E-state index in [1.165, 1.54) is 12.8 Å². The predicted octanol–water partition coefficient (Wildman–Crippen LogP) is 2.46. The molecule has 1 fully saturated rings. The number of hydrogen-bond acceptors (Lipinski definition) is 2. The molecule has 0 radical (unpaired) electrons. The van der Waals surface area contributed by atoms with Gasteiger partial charge in [-0.15, -0.1) is 0 Å². The minimum Gasteiger partial charge on any atom is -0.327 e. The molecule has 106 valence electrons. The first-order valence-corrected chi connectivity index (χ1v) is 6.67. The third kappa shape index (κ3) is 3.94. The van der Waals surface area contributed by atoms with E-state index in [2.05, 4.69) is 4.90 Å². The van der Waals surface area contributed by atoms with Crippen LogP contribution in [0.4, 0.5) is 13.2 Å². The lowest BCUT2D eigenvalue weighted by atomic mass is 10.0. The van der Waals surface area contributed by atoms with Crippen LogP contribution < -0.4 is 5.73 Å². The summed E-state index contributed by atoms with van der Waals surface area (Å²) < 4.78 is 39.3. The summed E-state index contributed by atoms with van der Waals surface area (Å²) in [5.74, 6) is -2.91. The van der Waals surface area contributed by atoms with Gasteiger partial charge < -0.3 is 10.6 Å². The number of halogens is 3. The van der Waals surface area contributed by atoms with Gasteiger partial charge in [0.2, 0.25) is 0 Å². The Kier molecular flexibility index (Phi) is 4.82. The predicted molar refractivity (Wildman–Crippen MR) is 68.3 cm³/mol. The Balaban J connectivity index is 1.87. The first-order valence-electron chi connectivity index (χ1n) is 6.67. The van der Waals surface area contributed by atoms with Crippen LogP contribution in [0.2, 0.25) is 0 Å². The number of nitrogens with zero attached hydrogens (tertiary/aromatic N) is 1. The van der Waals surface area contributed by atoms with Crippen LogP contribution >= 0.6 is 0 Å². The van der Waals surface area contributed by atoms with Crippen molar-refractivity contribution in [1.82, 2.24) is 4.90 Å². The van der Waals surface area contributed by atoms with Crippen molar-refractivity contribution in [2.75, 3.05) is 19.6 Å². The topological polar surface area (TPSA) is 29.3 Å². The van der Waals surface area contributed by atoms with Crippen molar-refractivity contribution in [2.45, 2.75) is 31.7 Å². The van der Waals surface area contributed by atoms with Crippen LogP contribution in [0.1, 0.15) is 24.8 Å². The lowest BCUT2D eigenvalue weighted by Crippen LogP contribution is -2.30. The standard InChI is InChI=1S/C14H19F3N2/c15-12-9-14(17)13(16)8-10(12)7-11(18)3-6-19-4-1-2-5-19/h8-9,11H,1-7,18H2. The zero-order valence-corrected chi connectivity index (χ0v) is 10.8. The Hall–Kier alpha value is -1.07. The van der Waals surface area contributed by atoms with Crippen LogP contribution in [0.5, 0.6) is 0 Å². The Bertz CT molecular complexity index is 431. The Morgan fingerprint density at radius 3 is 2.37 bits per heavy atom. The second-order valence-corrected chi connectivity index (χ2v) is 5.16. The highest BCUT2D eigenvalue weighted by Gasteiger charge is 2.15. The van der Waals surface area contributed by atoms with Gasteiger partial charge in [-0.05, 0) is 56.9 Å². The summed E-state index contributed by atoms with van der Waals surface area (Å²) in [4.78, 5) is 2.32. The summed E-state index contributed by atoms with van der Waals surface area (Å²) in [6.07, 6.45) is 3.40. The maximum Gasteiger partial charge on any atom is 0.161 e. The molecular formula is C14H19F3N2. The summed E-state index contributed by atoms with van der Waals surface area (Å²) in [5.41, 5.74) is 6.08. The van der Waals surface area contributed by atoms with Gasteiger partial charge >= 0.3 is 0 Å². The molecule has 1 aliphatic rings.